The van der Waals surface area contributed by atoms with Gasteiger partial charge in [-0.3, -0.25) is 0 Å². The quantitative estimate of drug-likeness (QED) is 0.615. The number of benzene rings is 1. The van der Waals surface area contributed by atoms with Crippen LogP contribution in [0.15, 0.2) is 42.6 Å². The van der Waals surface area contributed by atoms with E-state index >= 15 is 0 Å². The Hall–Kier alpha value is -2.24. The monoisotopic (exact) mass is 378 g/mol. The fourth-order valence-electron chi connectivity index (χ4n) is 2.40. The highest BCUT2D eigenvalue weighted by Gasteiger charge is 2.19. The fourth-order valence-corrected chi connectivity index (χ4v) is 2.86. The fraction of sp³-hybridized carbons (Fsp3) is 0.222. The molecule has 0 amide bonds. The summed E-state index contributed by atoms with van der Waals surface area (Å²) in [7, 11) is 0. The molecule has 0 aliphatic carbocycles. The van der Waals surface area contributed by atoms with Gasteiger partial charge in [-0.25, -0.2) is 9.78 Å². The predicted molar refractivity (Wildman–Crippen MR) is 96.3 cm³/mol. The highest BCUT2D eigenvalue weighted by Crippen LogP contribution is 2.28. The van der Waals surface area contributed by atoms with Crippen LogP contribution in [0.4, 0.5) is 0 Å². The highest BCUT2D eigenvalue weighted by atomic mass is 35.5. The van der Waals surface area contributed by atoms with E-state index in [0.717, 1.165) is 17.0 Å². The first kappa shape index (κ1) is 17.6. The second-order valence-electron chi connectivity index (χ2n) is 5.52. The number of aryl methyl sites for hydroxylation is 1. The minimum absolute atomic E-state index is 0.109. The van der Waals surface area contributed by atoms with Crippen molar-refractivity contribution in [3.05, 3.63) is 64.0 Å². The molecule has 0 fully saturated rings. The first-order chi connectivity index (χ1) is 12.0. The van der Waals surface area contributed by atoms with Crippen LogP contribution in [0.2, 0.25) is 10.0 Å². The first-order valence-electron chi connectivity index (χ1n) is 7.66. The summed E-state index contributed by atoms with van der Waals surface area (Å²) in [5, 5.41) is 0.834. The van der Waals surface area contributed by atoms with E-state index in [1.807, 2.05) is 35.7 Å². The van der Waals surface area contributed by atoms with E-state index in [0.29, 0.717) is 15.8 Å². The van der Waals surface area contributed by atoms with Crippen molar-refractivity contribution in [1.29, 1.82) is 0 Å². The summed E-state index contributed by atoms with van der Waals surface area (Å²) in [5.41, 5.74) is 2.44. The van der Waals surface area contributed by atoms with E-state index in [9.17, 15) is 4.79 Å². The molecule has 25 heavy (non-hydrogen) atoms. The maximum absolute atomic E-state index is 12.2. The van der Waals surface area contributed by atoms with Crippen LogP contribution in [-0.2, 0) is 16.1 Å². The Morgan fingerprint density at radius 2 is 2.08 bits per heavy atom. The molecule has 1 atom stereocenters. The number of hydrogen-bond donors (Lipinski definition) is 0. The second kappa shape index (κ2) is 7.33. The number of aromatic nitrogens is 2. The van der Waals surface area contributed by atoms with Crippen molar-refractivity contribution in [2.24, 2.45) is 0 Å². The zero-order valence-electron chi connectivity index (χ0n) is 13.7. The first-order valence-corrected chi connectivity index (χ1v) is 8.42. The maximum Gasteiger partial charge on any atom is 0.347 e. The second-order valence-corrected chi connectivity index (χ2v) is 6.36. The Morgan fingerprint density at radius 1 is 1.28 bits per heavy atom. The number of imidazole rings is 1. The Morgan fingerprint density at radius 3 is 2.84 bits per heavy atom. The average Bonchev–Trinajstić information content (AvgIpc) is 2.90. The lowest BCUT2D eigenvalue weighted by Crippen LogP contribution is -2.26. The van der Waals surface area contributed by atoms with Gasteiger partial charge in [0.25, 0.3) is 0 Å². The van der Waals surface area contributed by atoms with Gasteiger partial charge in [0, 0.05) is 11.2 Å². The van der Waals surface area contributed by atoms with E-state index in [-0.39, 0.29) is 6.61 Å². The van der Waals surface area contributed by atoms with Crippen molar-refractivity contribution >= 4 is 34.8 Å². The van der Waals surface area contributed by atoms with E-state index in [1.165, 1.54) is 0 Å². The summed E-state index contributed by atoms with van der Waals surface area (Å²) >= 11 is 11.9. The molecule has 0 saturated carbocycles. The summed E-state index contributed by atoms with van der Waals surface area (Å²) in [6.45, 7) is 3.59. The molecule has 1 aromatic carbocycles. The summed E-state index contributed by atoms with van der Waals surface area (Å²) in [4.78, 5) is 16.7. The molecule has 0 bridgehead atoms. The van der Waals surface area contributed by atoms with Crippen LogP contribution in [0.3, 0.4) is 0 Å². The molecule has 3 aromatic rings. The molecule has 3 rings (SSSR count). The third-order valence-corrected chi connectivity index (χ3v) is 4.24. The number of esters is 1. The molecule has 2 aromatic heterocycles. The van der Waals surface area contributed by atoms with Crippen LogP contribution in [0.1, 0.15) is 18.3 Å². The lowest BCUT2D eigenvalue weighted by atomic mass is 10.3. The number of rotatable bonds is 5. The van der Waals surface area contributed by atoms with Gasteiger partial charge < -0.3 is 13.9 Å². The van der Waals surface area contributed by atoms with E-state index in [1.54, 1.807) is 25.1 Å². The molecule has 0 N–H and O–H groups in total. The van der Waals surface area contributed by atoms with E-state index in [2.05, 4.69) is 4.98 Å². The normalized spacial score (nSPS) is 12.2. The summed E-state index contributed by atoms with van der Waals surface area (Å²) in [6.07, 6.45) is 1.07. The topological polar surface area (TPSA) is 52.8 Å². The van der Waals surface area contributed by atoms with Gasteiger partial charge in [0.1, 0.15) is 18.0 Å². The SMILES string of the molecule is Cc1nc2ccccn2c1COC(=O)C(C)Oc1ccc(Cl)cc1Cl. The number of carbonyl (C=O) groups is 1. The molecule has 0 aliphatic heterocycles. The van der Waals surface area contributed by atoms with E-state index in [4.69, 9.17) is 32.7 Å². The van der Waals surface area contributed by atoms with Gasteiger partial charge in [-0.2, -0.15) is 0 Å². The van der Waals surface area contributed by atoms with Gasteiger partial charge in [0.05, 0.1) is 16.4 Å². The van der Waals surface area contributed by atoms with Crippen LogP contribution >= 0.6 is 23.2 Å². The Labute approximate surface area is 155 Å². The van der Waals surface area contributed by atoms with Crippen LogP contribution < -0.4 is 4.74 Å². The molecule has 0 radical (unpaired) electrons. The third-order valence-electron chi connectivity index (χ3n) is 3.71. The molecule has 0 aliphatic rings. The number of fused-ring (bicyclic) bond motifs is 1. The molecule has 0 saturated heterocycles. The molecule has 1 unspecified atom stereocenters. The van der Waals surface area contributed by atoms with Crippen molar-refractivity contribution in [2.45, 2.75) is 26.6 Å². The van der Waals surface area contributed by atoms with Crippen LogP contribution in [0.5, 0.6) is 5.75 Å². The number of hydrogen-bond acceptors (Lipinski definition) is 4. The lowest BCUT2D eigenvalue weighted by molar-refractivity contribution is -0.152. The van der Waals surface area contributed by atoms with Crippen LogP contribution in [0, 0.1) is 6.92 Å². The smallest absolute Gasteiger partial charge is 0.347 e. The molecule has 5 nitrogen and oxygen atoms in total. The molecular weight excluding hydrogens is 363 g/mol. The van der Waals surface area contributed by atoms with Crippen molar-refractivity contribution in [1.82, 2.24) is 9.38 Å². The number of nitrogens with zero attached hydrogens (tertiary/aromatic N) is 2. The number of ether oxygens (including phenoxy) is 2. The van der Waals surface area contributed by atoms with Gasteiger partial charge in [-0.05, 0) is 44.2 Å². The number of pyridine rings is 1. The Kier molecular flexibility index (Phi) is 5.16. The largest absolute Gasteiger partial charge is 0.477 e. The van der Waals surface area contributed by atoms with Gasteiger partial charge in [0.2, 0.25) is 0 Å². The zero-order valence-corrected chi connectivity index (χ0v) is 15.2. The number of carbonyl (C=O) groups excluding carboxylic acids is 1. The summed E-state index contributed by atoms with van der Waals surface area (Å²) in [5.74, 6) is -0.113. The van der Waals surface area contributed by atoms with Gasteiger partial charge in [0.15, 0.2) is 6.10 Å². The standard InChI is InChI=1S/C18H16Cl2N2O3/c1-11-15(22-8-4-3-5-17(22)21-11)10-24-18(23)12(2)25-16-7-6-13(19)9-14(16)20/h3-9,12H,10H2,1-2H3. The van der Waals surface area contributed by atoms with Crippen molar-refractivity contribution in [3.63, 3.8) is 0 Å². The zero-order chi connectivity index (χ0) is 18.0. The van der Waals surface area contributed by atoms with Crippen molar-refractivity contribution < 1.29 is 14.3 Å². The molecular formula is C18H16Cl2N2O3. The van der Waals surface area contributed by atoms with Gasteiger partial charge >= 0.3 is 5.97 Å². The molecule has 2 heterocycles. The Balaban J connectivity index is 1.66. The van der Waals surface area contributed by atoms with Crippen LogP contribution in [-0.4, -0.2) is 21.5 Å². The third kappa shape index (κ3) is 3.89. The van der Waals surface area contributed by atoms with Gasteiger partial charge in [-0.1, -0.05) is 29.3 Å². The Bertz CT molecular complexity index is 924. The number of halogens is 2. The summed E-state index contributed by atoms with van der Waals surface area (Å²) in [6, 6.07) is 10.5. The average molecular weight is 379 g/mol. The highest BCUT2D eigenvalue weighted by molar-refractivity contribution is 6.35. The predicted octanol–water partition coefficient (Wildman–Crippen LogP) is 4.46. The minimum atomic E-state index is -0.807. The minimum Gasteiger partial charge on any atom is -0.477 e. The molecule has 7 heteroatoms. The van der Waals surface area contributed by atoms with Gasteiger partial charge in [-0.15, -0.1) is 0 Å². The molecule has 130 valence electrons. The molecule has 0 spiro atoms. The lowest BCUT2D eigenvalue weighted by Gasteiger charge is -2.15. The summed E-state index contributed by atoms with van der Waals surface area (Å²) < 4.78 is 12.8. The van der Waals surface area contributed by atoms with Crippen molar-refractivity contribution in [3.8, 4) is 5.75 Å². The van der Waals surface area contributed by atoms with E-state index < -0.39 is 12.1 Å². The van der Waals surface area contributed by atoms with Crippen molar-refractivity contribution in [2.75, 3.05) is 0 Å². The maximum atomic E-state index is 12.2. The van der Waals surface area contributed by atoms with Crippen LogP contribution in [0.25, 0.3) is 5.65 Å².